The maximum Gasteiger partial charge on any atom is 0.322 e. The Morgan fingerprint density at radius 2 is 1.74 bits per heavy atom. The van der Waals surface area contributed by atoms with E-state index in [0.29, 0.717) is 17.9 Å². The van der Waals surface area contributed by atoms with Crippen LogP contribution >= 0.6 is 0 Å². The summed E-state index contributed by atoms with van der Waals surface area (Å²) in [6, 6.07) is 12.2. The first kappa shape index (κ1) is 23.0. The summed E-state index contributed by atoms with van der Waals surface area (Å²) in [5.74, 6) is 0.0191. The largest absolute Gasteiger partial charge is 0.330 e. The maximum atomic E-state index is 12.9. The van der Waals surface area contributed by atoms with Gasteiger partial charge in [-0.1, -0.05) is 37.3 Å². The molecule has 2 aromatic heterocycles. The third-order valence-corrected chi connectivity index (χ3v) is 7.62. The number of amides is 3. The topological polar surface area (TPSA) is 96.3 Å². The zero-order chi connectivity index (χ0) is 24.8. The first-order valence-electron chi connectivity index (χ1n) is 12.0. The maximum absolute atomic E-state index is 12.9. The highest BCUT2D eigenvalue weighted by molar-refractivity contribution is 6.03. The molecule has 1 aromatic carbocycles. The molecule has 5 rings (SSSR count). The molecule has 35 heavy (non-hydrogen) atoms. The van der Waals surface area contributed by atoms with Crippen molar-refractivity contribution in [3.05, 3.63) is 65.7 Å². The van der Waals surface area contributed by atoms with Gasteiger partial charge in [0.15, 0.2) is 0 Å². The van der Waals surface area contributed by atoms with Crippen LogP contribution in [0.4, 0.5) is 16.4 Å². The number of carbonyl (C=O) groups is 2. The molecule has 9 heteroatoms. The molecule has 9 nitrogen and oxygen atoms in total. The molecule has 1 aliphatic carbocycles. The van der Waals surface area contributed by atoms with Crippen LogP contribution < -0.4 is 15.1 Å². The summed E-state index contributed by atoms with van der Waals surface area (Å²) in [6.45, 7) is 4.74. The fraction of sp³-hybridized carbons (Fsp3) is 0.423. The molecule has 1 saturated heterocycles. The van der Waals surface area contributed by atoms with Gasteiger partial charge in [-0.25, -0.2) is 14.8 Å². The Hall–Kier alpha value is -3.75. The van der Waals surface area contributed by atoms with Gasteiger partial charge in [0.05, 0.1) is 35.9 Å². The molecule has 3 amide bonds. The van der Waals surface area contributed by atoms with E-state index in [0.717, 1.165) is 31.4 Å². The minimum Gasteiger partial charge on any atom is -0.330 e. The van der Waals surface area contributed by atoms with Gasteiger partial charge in [-0.2, -0.15) is 5.10 Å². The van der Waals surface area contributed by atoms with Crippen LogP contribution in [0.1, 0.15) is 54.4 Å². The van der Waals surface area contributed by atoms with Gasteiger partial charge in [-0.15, -0.1) is 0 Å². The molecule has 2 aliphatic rings. The van der Waals surface area contributed by atoms with E-state index < -0.39 is 0 Å². The van der Waals surface area contributed by atoms with E-state index >= 15 is 0 Å². The average molecular weight is 474 g/mol. The average Bonchev–Trinajstić information content (AvgIpc) is 3.38. The molecule has 0 atom stereocenters. The Balaban J connectivity index is 1.27. The van der Waals surface area contributed by atoms with Gasteiger partial charge in [0.1, 0.15) is 5.69 Å². The molecule has 0 bridgehead atoms. The smallest absolute Gasteiger partial charge is 0.322 e. The summed E-state index contributed by atoms with van der Waals surface area (Å²) in [6.07, 6.45) is 7.08. The molecule has 0 radical (unpaired) electrons. The fourth-order valence-electron chi connectivity index (χ4n) is 5.31. The third kappa shape index (κ3) is 4.15. The number of carbonyl (C=O) groups excluding carboxylic acids is 2. The summed E-state index contributed by atoms with van der Waals surface area (Å²) in [7, 11) is 3.36. The lowest BCUT2D eigenvalue weighted by Gasteiger charge is -2.43. The van der Waals surface area contributed by atoms with Crippen LogP contribution in [-0.4, -0.2) is 50.8 Å². The Labute approximate surface area is 205 Å². The monoisotopic (exact) mass is 473 g/mol. The highest BCUT2D eigenvalue weighted by atomic mass is 16.2. The van der Waals surface area contributed by atoms with Crippen LogP contribution in [0.2, 0.25) is 0 Å². The zero-order valence-corrected chi connectivity index (χ0v) is 20.7. The number of benzene rings is 1. The second-order valence-electron chi connectivity index (χ2n) is 10.1. The molecule has 1 aliphatic heterocycles. The summed E-state index contributed by atoms with van der Waals surface area (Å²) in [4.78, 5) is 37.6. The highest BCUT2D eigenvalue weighted by Gasteiger charge is 2.48. The van der Waals surface area contributed by atoms with E-state index in [1.807, 2.05) is 13.0 Å². The molecular formula is C26H31N7O2. The lowest BCUT2D eigenvalue weighted by Crippen LogP contribution is -2.49. The van der Waals surface area contributed by atoms with Crippen molar-refractivity contribution < 1.29 is 9.59 Å². The second kappa shape index (κ2) is 8.48. The molecule has 1 spiro atoms. The van der Waals surface area contributed by atoms with Gasteiger partial charge in [0.25, 0.3) is 5.91 Å². The standard InChI is InChI=1S/C26H31N7O2/c1-18-14-21(32(4)30-18)22(34)31(3)23-27-15-20(16-28-23)33-17-26(29-24(33)35)12-10-25(2,11-13-26)19-8-6-5-7-9-19/h5-9,14-16H,10-13,17H2,1-4H3,(H,29,35)/t25-,26-. The number of rotatable bonds is 4. The molecule has 182 valence electrons. The van der Waals surface area contributed by atoms with E-state index in [2.05, 4.69) is 51.6 Å². The molecule has 3 aromatic rings. The summed E-state index contributed by atoms with van der Waals surface area (Å²) < 4.78 is 1.55. The molecule has 2 fully saturated rings. The van der Waals surface area contributed by atoms with E-state index in [1.54, 1.807) is 42.1 Å². The predicted octanol–water partition coefficient (Wildman–Crippen LogP) is 3.60. The molecular weight excluding hydrogens is 442 g/mol. The Morgan fingerprint density at radius 1 is 1.09 bits per heavy atom. The van der Waals surface area contributed by atoms with Gasteiger partial charge in [-0.05, 0) is 49.7 Å². The van der Waals surface area contributed by atoms with Crippen molar-refractivity contribution in [1.82, 2.24) is 25.1 Å². The van der Waals surface area contributed by atoms with E-state index in [-0.39, 0.29) is 28.8 Å². The van der Waals surface area contributed by atoms with Crippen LogP contribution in [0.5, 0.6) is 0 Å². The van der Waals surface area contributed by atoms with Crippen LogP contribution in [0, 0.1) is 6.92 Å². The first-order chi connectivity index (χ1) is 16.7. The van der Waals surface area contributed by atoms with Crippen molar-refractivity contribution in [1.29, 1.82) is 0 Å². The highest BCUT2D eigenvalue weighted by Crippen LogP contribution is 2.44. The zero-order valence-electron chi connectivity index (χ0n) is 20.7. The van der Waals surface area contributed by atoms with Crippen LogP contribution in [0.3, 0.4) is 0 Å². The lowest BCUT2D eigenvalue weighted by molar-refractivity contribution is 0.0982. The number of nitrogens with zero attached hydrogens (tertiary/aromatic N) is 6. The van der Waals surface area contributed by atoms with E-state index in [9.17, 15) is 9.59 Å². The van der Waals surface area contributed by atoms with Crippen LogP contribution in [-0.2, 0) is 12.5 Å². The minimum absolute atomic E-state index is 0.124. The predicted molar refractivity (Wildman–Crippen MR) is 134 cm³/mol. The number of hydrogen-bond acceptors (Lipinski definition) is 5. The van der Waals surface area contributed by atoms with Crippen molar-refractivity contribution in [2.45, 2.75) is 50.5 Å². The van der Waals surface area contributed by atoms with Crippen molar-refractivity contribution >= 4 is 23.6 Å². The second-order valence-corrected chi connectivity index (χ2v) is 10.1. The third-order valence-electron chi connectivity index (χ3n) is 7.62. The minimum atomic E-state index is -0.248. The van der Waals surface area contributed by atoms with Gasteiger partial charge < -0.3 is 5.32 Å². The number of anilines is 2. The summed E-state index contributed by atoms with van der Waals surface area (Å²) >= 11 is 0. The number of aryl methyl sites for hydroxylation is 2. The van der Waals surface area contributed by atoms with Gasteiger partial charge in [-0.3, -0.25) is 19.3 Å². The van der Waals surface area contributed by atoms with Gasteiger partial charge in [0, 0.05) is 14.1 Å². The van der Waals surface area contributed by atoms with Crippen molar-refractivity contribution in [3.63, 3.8) is 0 Å². The Kier molecular flexibility index (Phi) is 5.57. The van der Waals surface area contributed by atoms with Gasteiger partial charge >= 0.3 is 6.03 Å². The van der Waals surface area contributed by atoms with Gasteiger partial charge in [0.2, 0.25) is 5.95 Å². The first-order valence-corrected chi connectivity index (χ1v) is 12.0. The van der Waals surface area contributed by atoms with Crippen LogP contribution in [0.25, 0.3) is 0 Å². The van der Waals surface area contributed by atoms with E-state index in [4.69, 9.17) is 0 Å². The molecule has 0 unspecified atom stereocenters. The molecule has 1 saturated carbocycles. The van der Waals surface area contributed by atoms with Crippen molar-refractivity contribution in [2.75, 3.05) is 23.4 Å². The lowest BCUT2D eigenvalue weighted by atomic mass is 9.65. The normalized spacial score (nSPS) is 24.0. The van der Waals surface area contributed by atoms with Crippen molar-refractivity contribution in [2.24, 2.45) is 7.05 Å². The number of nitrogens with one attached hydrogen (secondary N) is 1. The van der Waals surface area contributed by atoms with Crippen LogP contribution in [0.15, 0.2) is 48.8 Å². The fourth-order valence-corrected chi connectivity index (χ4v) is 5.31. The quantitative estimate of drug-likeness (QED) is 0.625. The number of aromatic nitrogens is 4. The summed E-state index contributed by atoms with van der Waals surface area (Å²) in [5, 5.41) is 7.48. The Morgan fingerprint density at radius 3 is 2.34 bits per heavy atom. The number of hydrogen-bond donors (Lipinski definition) is 1. The SMILES string of the molecule is Cc1cc(C(=O)N(C)c2ncc(N3C[C@]4(CC[C@@](C)(c5ccccc5)CC4)NC3=O)cn2)n(C)n1. The van der Waals surface area contributed by atoms with Crippen molar-refractivity contribution in [3.8, 4) is 0 Å². The number of urea groups is 1. The Bertz CT molecular complexity index is 1240. The molecule has 3 heterocycles. The summed E-state index contributed by atoms with van der Waals surface area (Å²) in [5.41, 5.74) is 3.09. The molecule has 1 N–H and O–H groups in total. The van der Waals surface area contributed by atoms with E-state index in [1.165, 1.54) is 10.5 Å².